The van der Waals surface area contributed by atoms with Gasteiger partial charge in [-0.15, -0.1) is 0 Å². The summed E-state index contributed by atoms with van der Waals surface area (Å²) in [5.41, 5.74) is 0. The van der Waals surface area contributed by atoms with Crippen LogP contribution >= 0.6 is 11.6 Å². The number of nitrogens with one attached hydrogen (secondary N) is 1. The minimum absolute atomic E-state index is 0.0270. The Morgan fingerprint density at radius 2 is 2.24 bits per heavy atom. The first kappa shape index (κ1) is 16.1. The third-order valence-electron chi connectivity index (χ3n) is 3.28. The van der Waals surface area contributed by atoms with E-state index in [2.05, 4.69) is 17.3 Å². The molecular weight excluding hydrogens is 292 g/mol. The van der Waals surface area contributed by atoms with Crippen molar-refractivity contribution >= 4 is 17.5 Å². The zero-order chi connectivity index (χ0) is 15.1. The van der Waals surface area contributed by atoms with Crippen LogP contribution in [0, 0.1) is 0 Å². The van der Waals surface area contributed by atoms with Gasteiger partial charge in [-0.2, -0.15) is 0 Å². The van der Waals surface area contributed by atoms with Gasteiger partial charge >= 0.3 is 0 Å². The smallest absolute Gasteiger partial charge is 0.223 e. The Hall–Kier alpha value is -1.30. The number of amides is 1. The highest BCUT2D eigenvalue weighted by molar-refractivity contribution is 6.30. The van der Waals surface area contributed by atoms with Gasteiger partial charge < -0.3 is 19.7 Å². The summed E-state index contributed by atoms with van der Waals surface area (Å²) in [4.78, 5) is 13.9. The Morgan fingerprint density at radius 1 is 1.48 bits per heavy atom. The molecule has 2 rings (SSSR count). The van der Waals surface area contributed by atoms with Crippen molar-refractivity contribution in [1.29, 1.82) is 0 Å². The van der Waals surface area contributed by atoms with Crippen molar-refractivity contribution in [2.75, 3.05) is 39.9 Å². The zero-order valence-corrected chi connectivity index (χ0v) is 12.9. The standard InChI is InChI=1S/C15H21ClN2O3/c1-18-7-9-21-14(11-18)10-17-15(19)6-8-20-13-4-2-12(16)3-5-13/h2-5,14H,6-11H2,1H3,(H,17,19)/t14-/m1/s1. The van der Waals surface area contributed by atoms with Crippen LogP contribution in [0.2, 0.25) is 5.02 Å². The Kier molecular flexibility index (Phi) is 6.29. The summed E-state index contributed by atoms with van der Waals surface area (Å²) >= 11 is 5.79. The number of likely N-dealkylation sites (N-methyl/N-ethyl adjacent to an activating group) is 1. The van der Waals surface area contributed by atoms with Crippen molar-refractivity contribution in [3.63, 3.8) is 0 Å². The number of benzene rings is 1. The summed E-state index contributed by atoms with van der Waals surface area (Å²) in [6.07, 6.45) is 0.399. The lowest BCUT2D eigenvalue weighted by Crippen LogP contribution is -2.46. The van der Waals surface area contributed by atoms with Gasteiger partial charge in [-0.05, 0) is 31.3 Å². The molecule has 0 radical (unpaired) electrons. The van der Waals surface area contributed by atoms with Crippen molar-refractivity contribution in [1.82, 2.24) is 10.2 Å². The number of nitrogens with zero attached hydrogens (tertiary/aromatic N) is 1. The van der Waals surface area contributed by atoms with E-state index in [4.69, 9.17) is 21.1 Å². The molecule has 1 aliphatic heterocycles. The van der Waals surface area contributed by atoms with Gasteiger partial charge in [0.1, 0.15) is 5.75 Å². The molecule has 0 aliphatic carbocycles. The van der Waals surface area contributed by atoms with Gasteiger partial charge in [0.2, 0.25) is 5.91 Å². The number of carbonyl (C=O) groups is 1. The lowest BCUT2D eigenvalue weighted by atomic mass is 10.2. The second-order valence-electron chi connectivity index (χ2n) is 5.11. The van der Waals surface area contributed by atoms with E-state index in [1.54, 1.807) is 24.3 Å². The van der Waals surface area contributed by atoms with Gasteiger partial charge in [-0.3, -0.25) is 4.79 Å². The van der Waals surface area contributed by atoms with E-state index in [1.165, 1.54) is 0 Å². The van der Waals surface area contributed by atoms with Crippen molar-refractivity contribution in [3.05, 3.63) is 29.3 Å². The van der Waals surface area contributed by atoms with E-state index in [0.717, 1.165) is 19.7 Å². The molecule has 0 spiro atoms. The summed E-state index contributed by atoms with van der Waals surface area (Å²) in [6.45, 7) is 3.40. The molecule has 1 aliphatic rings. The molecule has 0 unspecified atom stereocenters. The largest absolute Gasteiger partial charge is 0.493 e. The topological polar surface area (TPSA) is 50.8 Å². The third kappa shape index (κ3) is 5.91. The molecule has 0 bridgehead atoms. The zero-order valence-electron chi connectivity index (χ0n) is 12.2. The fourth-order valence-corrected chi connectivity index (χ4v) is 2.22. The van der Waals surface area contributed by atoms with Crippen molar-refractivity contribution in [2.45, 2.75) is 12.5 Å². The maximum Gasteiger partial charge on any atom is 0.223 e. The van der Waals surface area contributed by atoms with Crippen LogP contribution < -0.4 is 10.1 Å². The molecule has 1 N–H and O–H groups in total. The third-order valence-corrected chi connectivity index (χ3v) is 3.53. The highest BCUT2D eigenvalue weighted by Crippen LogP contribution is 2.15. The summed E-state index contributed by atoms with van der Waals surface area (Å²) in [5, 5.41) is 3.54. The van der Waals surface area contributed by atoms with Crippen LogP contribution in [0.1, 0.15) is 6.42 Å². The number of hydrogen-bond acceptors (Lipinski definition) is 4. The average molecular weight is 313 g/mol. The molecule has 0 aromatic heterocycles. The predicted molar refractivity (Wildman–Crippen MR) is 81.8 cm³/mol. The van der Waals surface area contributed by atoms with E-state index >= 15 is 0 Å². The van der Waals surface area contributed by atoms with Crippen molar-refractivity contribution in [3.8, 4) is 5.75 Å². The second-order valence-corrected chi connectivity index (χ2v) is 5.55. The molecule has 1 amide bonds. The van der Waals surface area contributed by atoms with Gasteiger partial charge in [0, 0.05) is 24.7 Å². The molecular formula is C15H21ClN2O3. The molecule has 116 valence electrons. The highest BCUT2D eigenvalue weighted by Gasteiger charge is 2.18. The number of rotatable bonds is 6. The molecule has 6 heteroatoms. The minimum Gasteiger partial charge on any atom is -0.493 e. The van der Waals surface area contributed by atoms with E-state index in [-0.39, 0.29) is 12.0 Å². The summed E-state index contributed by atoms with van der Waals surface area (Å²) < 4.78 is 11.1. The van der Waals surface area contributed by atoms with Crippen molar-refractivity contribution < 1.29 is 14.3 Å². The Bertz CT molecular complexity index is 453. The molecule has 1 atom stereocenters. The molecule has 1 aromatic rings. The Labute approximate surface area is 130 Å². The van der Waals surface area contributed by atoms with E-state index in [9.17, 15) is 4.79 Å². The Balaban J connectivity index is 1.60. The Morgan fingerprint density at radius 3 is 2.95 bits per heavy atom. The lowest BCUT2D eigenvalue weighted by Gasteiger charge is -2.30. The SMILES string of the molecule is CN1CCO[C@H](CNC(=O)CCOc2ccc(Cl)cc2)C1. The first-order chi connectivity index (χ1) is 10.1. The molecule has 1 saturated heterocycles. The average Bonchev–Trinajstić information content (AvgIpc) is 2.47. The van der Waals surface area contributed by atoms with Crippen LogP contribution in [0.4, 0.5) is 0 Å². The number of ether oxygens (including phenoxy) is 2. The monoisotopic (exact) mass is 312 g/mol. The molecule has 1 fully saturated rings. The van der Waals surface area contributed by atoms with Gasteiger partial charge in [0.25, 0.3) is 0 Å². The molecule has 1 heterocycles. The molecule has 0 saturated carbocycles. The number of morpholine rings is 1. The first-order valence-corrected chi connectivity index (χ1v) is 7.46. The fraction of sp³-hybridized carbons (Fsp3) is 0.533. The highest BCUT2D eigenvalue weighted by atomic mass is 35.5. The van der Waals surface area contributed by atoms with Gasteiger partial charge in [0.15, 0.2) is 0 Å². The van der Waals surface area contributed by atoms with E-state index < -0.39 is 0 Å². The predicted octanol–water partition coefficient (Wildman–Crippen LogP) is 1.56. The number of hydrogen-bond donors (Lipinski definition) is 1. The second kappa shape index (κ2) is 8.22. The fourth-order valence-electron chi connectivity index (χ4n) is 2.10. The van der Waals surface area contributed by atoms with Crippen LogP contribution in [-0.4, -0.2) is 56.8 Å². The maximum atomic E-state index is 11.7. The van der Waals surface area contributed by atoms with Gasteiger partial charge in [-0.25, -0.2) is 0 Å². The van der Waals surface area contributed by atoms with Crippen LogP contribution in [0.15, 0.2) is 24.3 Å². The molecule has 1 aromatic carbocycles. The summed E-state index contributed by atoms with van der Waals surface area (Å²) in [6, 6.07) is 7.08. The summed E-state index contributed by atoms with van der Waals surface area (Å²) in [5.74, 6) is 0.685. The van der Waals surface area contributed by atoms with Crippen LogP contribution in [-0.2, 0) is 9.53 Å². The lowest BCUT2D eigenvalue weighted by molar-refractivity contribution is -0.122. The van der Waals surface area contributed by atoms with Crippen molar-refractivity contribution in [2.24, 2.45) is 0 Å². The maximum absolute atomic E-state index is 11.7. The van der Waals surface area contributed by atoms with E-state index in [1.807, 2.05) is 0 Å². The summed E-state index contributed by atoms with van der Waals surface area (Å²) in [7, 11) is 2.05. The molecule has 5 nitrogen and oxygen atoms in total. The van der Waals surface area contributed by atoms with Crippen LogP contribution in [0.5, 0.6) is 5.75 Å². The normalized spacial score (nSPS) is 19.2. The van der Waals surface area contributed by atoms with Gasteiger partial charge in [-0.1, -0.05) is 11.6 Å². The van der Waals surface area contributed by atoms with Crippen LogP contribution in [0.25, 0.3) is 0 Å². The quantitative estimate of drug-likeness (QED) is 0.866. The number of halogens is 1. The van der Waals surface area contributed by atoms with E-state index in [0.29, 0.717) is 30.3 Å². The van der Waals surface area contributed by atoms with Crippen LogP contribution in [0.3, 0.4) is 0 Å². The molecule has 21 heavy (non-hydrogen) atoms. The minimum atomic E-state index is -0.0270. The first-order valence-electron chi connectivity index (χ1n) is 7.08. The number of carbonyl (C=O) groups excluding carboxylic acids is 1. The van der Waals surface area contributed by atoms with Gasteiger partial charge in [0.05, 0.1) is 25.7 Å².